The molecule has 1 heterocycles. The SMILES string of the molecule is C[C@@H]1CN(c2ccc(N)cc2F)[C@@H](C)CN1C. The first-order chi connectivity index (χ1) is 7.99. The van der Waals surface area contributed by atoms with E-state index in [0.29, 0.717) is 23.5 Å². The summed E-state index contributed by atoms with van der Waals surface area (Å²) in [7, 11) is 2.11. The first-order valence-corrected chi connectivity index (χ1v) is 6.01. The highest BCUT2D eigenvalue weighted by molar-refractivity contribution is 5.55. The minimum atomic E-state index is -0.228. The summed E-state index contributed by atoms with van der Waals surface area (Å²) in [5.41, 5.74) is 6.71. The van der Waals surface area contributed by atoms with Crippen molar-refractivity contribution in [2.24, 2.45) is 0 Å². The fourth-order valence-corrected chi connectivity index (χ4v) is 2.39. The summed E-state index contributed by atoms with van der Waals surface area (Å²) < 4.78 is 13.9. The number of nitrogens with two attached hydrogens (primary N) is 1. The molecule has 4 heteroatoms. The monoisotopic (exact) mass is 237 g/mol. The van der Waals surface area contributed by atoms with Gasteiger partial charge in [0.15, 0.2) is 0 Å². The Morgan fingerprint density at radius 2 is 1.94 bits per heavy atom. The van der Waals surface area contributed by atoms with Gasteiger partial charge >= 0.3 is 0 Å². The van der Waals surface area contributed by atoms with Crippen LogP contribution in [0.2, 0.25) is 0 Å². The second-order valence-electron chi connectivity index (χ2n) is 5.00. The zero-order chi connectivity index (χ0) is 12.6. The van der Waals surface area contributed by atoms with Gasteiger partial charge in [-0.1, -0.05) is 0 Å². The van der Waals surface area contributed by atoms with Crippen molar-refractivity contribution < 1.29 is 4.39 Å². The molecule has 1 fully saturated rings. The lowest BCUT2D eigenvalue weighted by atomic mass is 10.1. The van der Waals surface area contributed by atoms with Crippen LogP contribution in [0.1, 0.15) is 13.8 Å². The number of nitrogen functional groups attached to an aromatic ring is 1. The molecule has 1 saturated heterocycles. The number of piperazine rings is 1. The van der Waals surface area contributed by atoms with Crippen LogP contribution in [-0.4, -0.2) is 37.1 Å². The quantitative estimate of drug-likeness (QED) is 0.758. The Morgan fingerprint density at radius 3 is 2.59 bits per heavy atom. The average molecular weight is 237 g/mol. The number of likely N-dealkylation sites (N-methyl/N-ethyl adjacent to an activating group) is 1. The van der Waals surface area contributed by atoms with Crippen molar-refractivity contribution in [3.63, 3.8) is 0 Å². The van der Waals surface area contributed by atoms with E-state index in [-0.39, 0.29) is 5.82 Å². The van der Waals surface area contributed by atoms with E-state index in [2.05, 4.69) is 30.7 Å². The van der Waals surface area contributed by atoms with Gasteiger partial charge in [-0.3, -0.25) is 4.90 Å². The number of rotatable bonds is 1. The van der Waals surface area contributed by atoms with Crippen LogP contribution in [0.3, 0.4) is 0 Å². The maximum atomic E-state index is 13.9. The van der Waals surface area contributed by atoms with Gasteiger partial charge in [0.2, 0.25) is 0 Å². The Balaban J connectivity index is 2.27. The molecule has 17 heavy (non-hydrogen) atoms. The Kier molecular flexibility index (Phi) is 3.24. The van der Waals surface area contributed by atoms with Crippen molar-refractivity contribution in [1.82, 2.24) is 4.90 Å². The molecule has 1 aliphatic rings. The molecular weight excluding hydrogens is 217 g/mol. The highest BCUT2D eigenvalue weighted by atomic mass is 19.1. The second-order valence-corrected chi connectivity index (χ2v) is 5.00. The van der Waals surface area contributed by atoms with E-state index in [4.69, 9.17) is 5.73 Å². The fraction of sp³-hybridized carbons (Fsp3) is 0.538. The molecule has 0 unspecified atom stereocenters. The molecule has 2 N–H and O–H groups in total. The summed E-state index contributed by atoms with van der Waals surface area (Å²) in [5.74, 6) is -0.228. The van der Waals surface area contributed by atoms with Crippen LogP contribution in [0.25, 0.3) is 0 Å². The molecule has 0 aliphatic carbocycles. The first kappa shape index (κ1) is 12.2. The van der Waals surface area contributed by atoms with Gasteiger partial charge < -0.3 is 10.6 Å². The third-order valence-corrected chi connectivity index (χ3v) is 3.58. The van der Waals surface area contributed by atoms with Gasteiger partial charge in [-0.2, -0.15) is 0 Å². The van der Waals surface area contributed by atoms with E-state index < -0.39 is 0 Å². The van der Waals surface area contributed by atoms with Crippen LogP contribution in [0.4, 0.5) is 15.8 Å². The summed E-state index contributed by atoms with van der Waals surface area (Å²) >= 11 is 0. The third kappa shape index (κ3) is 2.36. The number of anilines is 2. The van der Waals surface area contributed by atoms with E-state index in [9.17, 15) is 4.39 Å². The minimum Gasteiger partial charge on any atom is -0.399 e. The van der Waals surface area contributed by atoms with E-state index in [1.165, 1.54) is 6.07 Å². The second kappa shape index (κ2) is 4.53. The topological polar surface area (TPSA) is 32.5 Å². The molecule has 2 rings (SSSR count). The molecule has 1 aliphatic heterocycles. The standard InChI is InChI=1S/C13H20FN3/c1-9-8-17(10(2)7-16(9)3)13-5-4-11(15)6-12(13)14/h4-6,9-10H,7-8,15H2,1-3H3/t9-,10+/m1/s1. The molecular formula is C13H20FN3. The van der Waals surface area contributed by atoms with Gasteiger partial charge in [-0.25, -0.2) is 4.39 Å². The van der Waals surface area contributed by atoms with Crippen molar-refractivity contribution in [3.05, 3.63) is 24.0 Å². The van der Waals surface area contributed by atoms with Gasteiger partial charge in [-0.05, 0) is 39.1 Å². The molecule has 94 valence electrons. The smallest absolute Gasteiger partial charge is 0.148 e. The van der Waals surface area contributed by atoms with Gasteiger partial charge in [-0.15, -0.1) is 0 Å². The Morgan fingerprint density at radius 1 is 1.24 bits per heavy atom. The predicted molar refractivity (Wildman–Crippen MR) is 69.7 cm³/mol. The molecule has 0 saturated carbocycles. The zero-order valence-electron chi connectivity index (χ0n) is 10.7. The number of nitrogens with zero attached hydrogens (tertiary/aromatic N) is 2. The minimum absolute atomic E-state index is 0.228. The maximum Gasteiger partial charge on any atom is 0.148 e. The lowest BCUT2D eigenvalue weighted by Gasteiger charge is -2.43. The van der Waals surface area contributed by atoms with E-state index >= 15 is 0 Å². The first-order valence-electron chi connectivity index (χ1n) is 6.01. The summed E-state index contributed by atoms with van der Waals surface area (Å²) in [4.78, 5) is 4.43. The molecule has 1 aromatic rings. The van der Waals surface area contributed by atoms with Crippen LogP contribution in [0, 0.1) is 5.82 Å². The molecule has 0 aromatic heterocycles. The van der Waals surface area contributed by atoms with Crippen molar-refractivity contribution >= 4 is 11.4 Å². The average Bonchev–Trinajstić information content (AvgIpc) is 2.24. The van der Waals surface area contributed by atoms with Crippen LogP contribution >= 0.6 is 0 Å². The summed E-state index contributed by atoms with van der Waals surface area (Å²) in [5, 5.41) is 0. The summed E-state index contributed by atoms with van der Waals surface area (Å²) in [6, 6.07) is 5.68. The lowest BCUT2D eigenvalue weighted by Crippen LogP contribution is -2.55. The highest BCUT2D eigenvalue weighted by Gasteiger charge is 2.28. The Hall–Kier alpha value is -1.29. The largest absolute Gasteiger partial charge is 0.399 e. The van der Waals surface area contributed by atoms with Crippen LogP contribution in [0.15, 0.2) is 18.2 Å². The highest BCUT2D eigenvalue weighted by Crippen LogP contribution is 2.26. The van der Waals surface area contributed by atoms with Crippen molar-refractivity contribution in [2.45, 2.75) is 25.9 Å². The zero-order valence-corrected chi connectivity index (χ0v) is 10.7. The molecule has 0 amide bonds. The van der Waals surface area contributed by atoms with Crippen molar-refractivity contribution in [2.75, 3.05) is 30.8 Å². The van der Waals surface area contributed by atoms with Crippen molar-refractivity contribution in [1.29, 1.82) is 0 Å². The van der Waals surface area contributed by atoms with Crippen LogP contribution in [-0.2, 0) is 0 Å². The van der Waals surface area contributed by atoms with Crippen molar-refractivity contribution in [3.8, 4) is 0 Å². The van der Waals surface area contributed by atoms with Gasteiger partial charge in [0.1, 0.15) is 5.82 Å². The molecule has 0 bridgehead atoms. The number of halogens is 1. The van der Waals surface area contributed by atoms with E-state index in [0.717, 1.165) is 13.1 Å². The Bertz CT molecular complexity index is 408. The number of hydrogen-bond donors (Lipinski definition) is 1. The lowest BCUT2D eigenvalue weighted by molar-refractivity contribution is 0.205. The van der Waals surface area contributed by atoms with E-state index in [1.807, 2.05) is 0 Å². The normalized spacial score (nSPS) is 26.2. The molecule has 2 atom stereocenters. The number of hydrogen-bond acceptors (Lipinski definition) is 3. The Labute approximate surface area is 102 Å². The van der Waals surface area contributed by atoms with E-state index in [1.54, 1.807) is 12.1 Å². The van der Waals surface area contributed by atoms with Gasteiger partial charge in [0.25, 0.3) is 0 Å². The van der Waals surface area contributed by atoms with Crippen LogP contribution < -0.4 is 10.6 Å². The van der Waals surface area contributed by atoms with Crippen LogP contribution in [0.5, 0.6) is 0 Å². The third-order valence-electron chi connectivity index (χ3n) is 3.58. The maximum absolute atomic E-state index is 13.9. The molecule has 0 radical (unpaired) electrons. The fourth-order valence-electron chi connectivity index (χ4n) is 2.39. The number of benzene rings is 1. The molecule has 0 spiro atoms. The van der Waals surface area contributed by atoms with Gasteiger partial charge in [0, 0.05) is 30.9 Å². The summed E-state index contributed by atoms with van der Waals surface area (Å²) in [6.07, 6.45) is 0. The van der Waals surface area contributed by atoms with Gasteiger partial charge in [0.05, 0.1) is 5.69 Å². The molecule has 3 nitrogen and oxygen atoms in total. The summed E-state index contributed by atoms with van der Waals surface area (Å²) in [6.45, 7) is 6.08. The predicted octanol–water partition coefficient (Wildman–Crippen LogP) is 1.94. The molecule has 1 aromatic carbocycles.